The standard InChI is InChI=1S/C29H29F3N10O2/c1-29(2,43)25(30)15-41-14-23(37-40-41)20-13-34-22(24-8-7-19-9-16(11-33)12-35-42(19)24)10-21(20)36-18-5-3-17(4-6-18)27-38-39-28(44-27)26(31)32/h7-10,12-14,17-18,25-26,43H,3-6,15H2,1-2H3,(H,34,36). The molecule has 1 aliphatic carbocycles. The highest BCUT2D eigenvalue weighted by Gasteiger charge is 2.30. The molecule has 0 aromatic carbocycles. The monoisotopic (exact) mass is 606 g/mol. The maximum atomic E-state index is 14.5. The van der Waals surface area contributed by atoms with Gasteiger partial charge in [0.1, 0.15) is 17.9 Å². The molecule has 5 aromatic heterocycles. The van der Waals surface area contributed by atoms with Crippen LogP contribution in [0.4, 0.5) is 18.9 Å². The van der Waals surface area contributed by atoms with Crippen molar-refractivity contribution in [2.24, 2.45) is 0 Å². The third-order valence-corrected chi connectivity index (χ3v) is 7.80. The van der Waals surface area contributed by atoms with Gasteiger partial charge in [0.25, 0.3) is 5.89 Å². The van der Waals surface area contributed by atoms with Gasteiger partial charge in [0.15, 0.2) is 0 Å². The molecular formula is C29H29F3N10O2. The minimum atomic E-state index is -2.81. The smallest absolute Gasteiger partial charge is 0.314 e. The highest BCUT2D eigenvalue weighted by atomic mass is 19.3. The van der Waals surface area contributed by atoms with Crippen LogP contribution in [-0.2, 0) is 6.54 Å². The Morgan fingerprint density at radius 2 is 1.89 bits per heavy atom. The van der Waals surface area contributed by atoms with Gasteiger partial charge < -0.3 is 14.8 Å². The van der Waals surface area contributed by atoms with E-state index in [1.807, 2.05) is 18.2 Å². The van der Waals surface area contributed by atoms with E-state index in [1.165, 1.54) is 24.7 Å². The molecule has 1 aliphatic rings. The molecule has 228 valence electrons. The summed E-state index contributed by atoms with van der Waals surface area (Å²) in [6, 6.07) is 9.45. The lowest BCUT2D eigenvalue weighted by Gasteiger charge is -2.28. The molecule has 2 N–H and O–H groups in total. The second kappa shape index (κ2) is 11.7. The van der Waals surface area contributed by atoms with Gasteiger partial charge in [0, 0.05) is 29.4 Å². The molecule has 0 bridgehead atoms. The lowest BCUT2D eigenvalue weighted by molar-refractivity contribution is -0.0120. The van der Waals surface area contributed by atoms with Crippen molar-refractivity contribution in [3.63, 3.8) is 0 Å². The molecule has 0 spiro atoms. The molecule has 44 heavy (non-hydrogen) atoms. The third-order valence-electron chi connectivity index (χ3n) is 7.80. The summed E-state index contributed by atoms with van der Waals surface area (Å²) in [7, 11) is 0. The van der Waals surface area contributed by atoms with Crippen LogP contribution in [0.5, 0.6) is 0 Å². The fraction of sp³-hybridized carbons (Fsp3) is 0.414. The maximum Gasteiger partial charge on any atom is 0.314 e. The van der Waals surface area contributed by atoms with E-state index in [1.54, 1.807) is 23.0 Å². The number of aliphatic hydroxyl groups is 1. The number of rotatable bonds is 9. The zero-order chi connectivity index (χ0) is 31.0. The van der Waals surface area contributed by atoms with E-state index in [2.05, 4.69) is 42.0 Å². The van der Waals surface area contributed by atoms with Crippen molar-refractivity contribution in [2.45, 2.75) is 76.2 Å². The van der Waals surface area contributed by atoms with E-state index in [-0.39, 0.29) is 24.4 Å². The van der Waals surface area contributed by atoms with Crippen LogP contribution in [0.1, 0.15) is 69.2 Å². The molecule has 0 amide bonds. The number of anilines is 1. The average molecular weight is 607 g/mol. The number of pyridine rings is 1. The van der Waals surface area contributed by atoms with Gasteiger partial charge in [-0.05, 0) is 63.8 Å². The fourth-order valence-electron chi connectivity index (χ4n) is 5.28. The summed E-state index contributed by atoms with van der Waals surface area (Å²) in [4.78, 5) is 4.68. The van der Waals surface area contributed by atoms with E-state index >= 15 is 0 Å². The molecule has 15 heteroatoms. The fourth-order valence-corrected chi connectivity index (χ4v) is 5.28. The topological polar surface area (TPSA) is 156 Å². The molecule has 1 saturated carbocycles. The second-order valence-corrected chi connectivity index (χ2v) is 11.4. The summed E-state index contributed by atoms with van der Waals surface area (Å²) in [6.45, 7) is 2.61. The Labute approximate surface area is 249 Å². The van der Waals surface area contributed by atoms with Crippen LogP contribution in [0, 0.1) is 11.3 Å². The Morgan fingerprint density at radius 1 is 1.09 bits per heavy atom. The summed E-state index contributed by atoms with van der Waals surface area (Å²) >= 11 is 0. The van der Waals surface area contributed by atoms with Gasteiger partial charge in [0.2, 0.25) is 5.89 Å². The Morgan fingerprint density at radius 3 is 2.59 bits per heavy atom. The van der Waals surface area contributed by atoms with Crippen LogP contribution in [-0.4, -0.2) is 62.7 Å². The number of hydrogen-bond acceptors (Lipinski definition) is 10. The summed E-state index contributed by atoms with van der Waals surface area (Å²) < 4.78 is 48.6. The number of nitriles is 1. The van der Waals surface area contributed by atoms with Crippen LogP contribution in [0.3, 0.4) is 0 Å². The summed E-state index contributed by atoms with van der Waals surface area (Å²) in [5.74, 6) is -0.548. The lowest BCUT2D eigenvalue weighted by Crippen LogP contribution is -2.35. The lowest BCUT2D eigenvalue weighted by atomic mass is 9.85. The van der Waals surface area contributed by atoms with Crippen molar-refractivity contribution in [3.8, 4) is 28.7 Å². The zero-order valence-electron chi connectivity index (χ0n) is 23.9. The van der Waals surface area contributed by atoms with Gasteiger partial charge in [-0.2, -0.15) is 19.1 Å². The number of halogens is 3. The molecule has 12 nitrogen and oxygen atoms in total. The predicted molar refractivity (Wildman–Crippen MR) is 151 cm³/mol. The number of alkyl halides is 3. The summed E-state index contributed by atoms with van der Waals surface area (Å²) in [6.07, 6.45) is 3.13. The first-order chi connectivity index (χ1) is 21.1. The largest absolute Gasteiger partial charge is 0.419 e. The first kappa shape index (κ1) is 29.2. The van der Waals surface area contributed by atoms with E-state index in [4.69, 9.17) is 4.42 Å². The van der Waals surface area contributed by atoms with Crippen molar-refractivity contribution in [1.29, 1.82) is 5.26 Å². The molecule has 0 saturated heterocycles. The summed E-state index contributed by atoms with van der Waals surface area (Å²) in [5.41, 5.74) is 2.79. The normalized spacial score (nSPS) is 18.0. The SMILES string of the molecule is CC(C)(O)C(F)Cn1cc(-c2cnc(-c3ccc4cc(C#N)cnn34)cc2NC2CCC(c3nnc(C(F)F)o3)CC2)nn1. The molecule has 5 aromatic rings. The van der Waals surface area contributed by atoms with Crippen LogP contribution < -0.4 is 5.32 Å². The van der Waals surface area contributed by atoms with E-state index in [0.29, 0.717) is 59.6 Å². The van der Waals surface area contributed by atoms with Crippen molar-refractivity contribution >= 4 is 11.2 Å². The van der Waals surface area contributed by atoms with Gasteiger partial charge in [-0.15, -0.1) is 15.3 Å². The van der Waals surface area contributed by atoms with Crippen LogP contribution >= 0.6 is 0 Å². The van der Waals surface area contributed by atoms with Gasteiger partial charge in [-0.1, -0.05) is 5.21 Å². The highest BCUT2D eigenvalue weighted by molar-refractivity contribution is 5.79. The minimum Gasteiger partial charge on any atom is -0.419 e. The number of aromatic nitrogens is 8. The third kappa shape index (κ3) is 5.98. The van der Waals surface area contributed by atoms with Crippen molar-refractivity contribution in [3.05, 3.63) is 60.2 Å². The molecule has 0 radical (unpaired) electrons. The van der Waals surface area contributed by atoms with Crippen LogP contribution in [0.15, 0.2) is 47.3 Å². The summed E-state index contributed by atoms with van der Waals surface area (Å²) in [5, 5.41) is 42.8. The molecule has 1 fully saturated rings. The molecule has 1 unspecified atom stereocenters. The number of nitrogens with one attached hydrogen (secondary N) is 1. The first-order valence-electron chi connectivity index (χ1n) is 14.1. The van der Waals surface area contributed by atoms with Gasteiger partial charge in [-0.3, -0.25) is 4.98 Å². The molecule has 0 aliphatic heterocycles. The van der Waals surface area contributed by atoms with Crippen molar-refractivity contribution in [2.75, 3.05) is 5.32 Å². The second-order valence-electron chi connectivity index (χ2n) is 11.4. The quantitative estimate of drug-likeness (QED) is 0.232. The Hall–Kier alpha value is -4.84. The predicted octanol–water partition coefficient (Wildman–Crippen LogP) is 5.09. The minimum absolute atomic E-state index is 0.0265. The number of nitrogens with zero attached hydrogens (tertiary/aromatic N) is 9. The molecule has 1 atom stereocenters. The van der Waals surface area contributed by atoms with E-state index < -0.39 is 24.1 Å². The Kier molecular flexibility index (Phi) is 7.76. The van der Waals surface area contributed by atoms with Gasteiger partial charge in [-0.25, -0.2) is 13.6 Å². The maximum absolute atomic E-state index is 14.5. The Bertz CT molecular complexity index is 1810. The zero-order valence-corrected chi connectivity index (χ0v) is 23.9. The van der Waals surface area contributed by atoms with E-state index in [9.17, 15) is 23.5 Å². The highest BCUT2D eigenvalue weighted by Crippen LogP contribution is 2.37. The molecule has 6 rings (SSSR count). The number of fused-ring (bicyclic) bond motifs is 1. The van der Waals surface area contributed by atoms with Crippen LogP contribution in [0.25, 0.3) is 28.2 Å². The van der Waals surface area contributed by atoms with E-state index in [0.717, 1.165) is 5.52 Å². The average Bonchev–Trinajstić information content (AvgIpc) is 3.77. The number of hydrogen-bond donors (Lipinski definition) is 2. The van der Waals surface area contributed by atoms with Gasteiger partial charge >= 0.3 is 6.43 Å². The molecule has 5 heterocycles. The van der Waals surface area contributed by atoms with Gasteiger partial charge in [0.05, 0.1) is 47.0 Å². The van der Waals surface area contributed by atoms with Crippen LogP contribution in [0.2, 0.25) is 0 Å². The first-order valence-corrected chi connectivity index (χ1v) is 14.1. The van der Waals surface area contributed by atoms with Crippen molar-refractivity contribution in [1.82, 2.24) is 39.8 Å². The molecular weight excluding hydrogens is 577 g/mol. The van der Waals surface area contributed by atoms with Crippen molar-refractivity contribution < 1.29 is 22.7 Å². The Balaban J connectivity index is 1.28.